The number of rotatable bonds is 12. The van der Waals surface area contributed by atoms with E-state index in [1.54, 1.807) is 18.2 Å². The van der Waals surface area contributed by atoms with Gasteiger partial charge in [-0.2, -0.15) is 8.42 Å². The van der Waals surface area contributed by atoms with Crippen LogP contribution in [0.3, 0.4) is 0 Å². The number of benzene rings is 1. The van der Waals surface area contributed by atoms with Gasteiger partial charge in [0.2, 0.25) is 0 Å². The Morgan fingerprint density at radius 1 is 1.10 bits per heavy atom. The number of hydrogen-bond donors (Lipinski definition) is 1. The van der Waals surface area contributed by atoms with Gasteiger partial charge in [-0.1, -0.05) is 17.7 Å². The number of aryl methyl sites for hydroxylation is 1. The minimum absolute atomic E-state index is 0.0287. The molecule has 9 heteroatoms. The molecule has 168 valence electrons. The Balaban J connectivity index is 2.58. The van der Waals surface area contributed by atoms with Crippen LogP contribution in [0.5, 0.6) is 0 Å². The highest BCUT2D eigenvalue weighted by molar-refractivity contribution is 7.86. The molecule has 0 aromatic heterocycles. The highest BCUT2D eigenvalue weighted by Crippen LogP contribution is 2.20. The van der Waals surface area contributed by atoms with E-state index in [1.807, 2.05) is 6.92 Å². The normalized spacial score (nSPS) is 14.1. The number of carbonyl (C=O) groups excluding carboxylic acids is 2. The molecule has 0 fully saturated rings. The van der Waals surface area contributed by atoms with Gasteiger partial charge in [-0.15, -0.1) is 0 Å². The molecule has 0 aliphatic rings. The summed E-state index contributed by atoms with van der Waals surface area (Å²) in [5, 5.41) is 10.5. The zero-order valence-corrected chi connectivity index (χ0v) is 18.7. The highest BCUT2D eigenvalue weighted by atomic mass is 32.2. The second kappa shape index (κ2) is 11.8. The fourth-order valence-electron chi connectivity index (χ4n) is 2.45. The van der Waals surface area contributed by atoms with Crippen LogP contribution >= 0.6 is 0 Å². The van der Waals surface area contributed by atoms with Gasteiger partial charge in [0.15, 0.2) is 0 Å². The Morgan fingerprint density at radius 3 is 2.27 bits per heavy atom. The third kappa shape index (κ3) is 10.5. The van der Waals surface area contributed by atoms with Crippen molar-refractivity contribution in [3.8, 4) is 0 Å². The molecule has 0 saturated carbocycles. The summed E-state index contributed by atoms with van der Waals surface area (Å²) in [5.74, 6) is -0.858. The lowest BCUT2D eigenvalue weighted by molar-refractivity contribution is -0.141. The van der Waals surface area contributed by atoms with Crippen molar-refractivity contribution in [2.24, 2.45) is 0 Å². The van der Waals surface area contributed by atoms with Gasteiger partial charge >= 0.3 is 11.9 Å². The fourth-order valence-corrected chi connectivity index (χ4v) is 3.46. The third-order valence-corrected chi connectivity index (χ3v) is 5.45. The van der Waals surface area contributed by atoms with Gasteiger partial charge in [-0.05, 0) is 56.9 Å². The topological polar surface area (TPSA) is 116 Å². The first-order valence-corrected chi connectivity index (χ1v) is 11.0. The number of aliphatic hydroxyl groups is 1. The minimum Gasteiger partial charge on any atom is -0.462 e. The average Bonchev–Trinajstić information content (AvgIpc) is 2.64. The first-order chi connectivity index (χ1) is 13.9. The first kappa shape index (κ1) is 25.8. The van der Waals surface area contributed by atoms with E-state index in [-0.39, 0.29) is 31.1 Å². The molecular weight excluding hydrogens is 412 g/mol. The summed E-state index contributed by atoms with van der Waals surface area (Å²) in [7, 11) is -3.97. The monoisotopic (exact) mass is 442 g/mol. The first-order valence-electron chi connectivity index (χ1n) is 9.54. The zero-order chi connectivity index (χ0) is 22.8. The lowest BCUT2D eigenvalue weighted by Gasteiger charge is -2.23. The van der Waals surface area contributed by atoms with Gasteiger partial charge in [0, 0.05) is 13.8 Å². The number of carbonyl (C=O) groups is 2. The summed E-state index contributed by atoms with van der Waals surface area (Å²) in [4.78, 5) is 21.9. The van der Waals surface area contributed by atoms with Crippen molar-refractivity contribution in [1.29, 1.82) is 0 Å². The number of hydrogen-bond acceptors (Lipinski definition) is 8. The summed E-state index contributed by atoms with van der Waals surface area (Å²) < 4.78 is 39.4. The summed E-state index contributed by atoms with van der Waals surface area (Å²) in [6.45, 7) is 5.64. The molecule has 1 aromatic rings. The molecular formula is C21H30O8S. The molecule has 1 atom stereocenters. The van der Waals surface area contributed by atoms with Crippen LogP contribution in [0.2, 0.25) is 0 Å². The highest BCUT2D eigenvalue weighted by Gasteiger charge is 2.25. The maximum absolute atomic E-state index is 12.3. The maximum atomic E-state index is 12.3. The van der Waals surface area contributed by atoms with Crippen LogP contribution in [0.1, 0.15) is 45.6 Å². The lowest BCUT2D eigenvalue weighted by Crippen LogP contribution is -2.32. The number of ether oxygens (including phenoxy) is 2. The summed E-state index contributed by atoms with van der Waals surface area (Å²) in [5.41, 5.74) is 0.280. The molecule has 0 heterocycles. The minimum atomic E-state index is -3.97. The second-order valence-corrected chi connectivity index (χ2v) is 8.94. The zero-order valence-electron chi connectivity index (χ0n) is 17.8. The fraction of sp³-hybridized carbons (Fsp3) is 0.524. The predicted octanol–water partition coefficient (Wildman–Crippen LogP) is 2.67. The van der Waals surface area contributed by atoms with Crippen molar-refractivity contribution in [2.45, 2.75) is 57.5 Å². The summed E-state index contributed by atoms with van der Waals surface area (Å²) in [6, 6.07) is 6.24. The van der Waals surface area contributed by atoms with Gasteiger partial charge < -0.3 is 14.6 Å². The molecule has 0 bridgehead atoms. The lowest BCUT2D eigenvalue weighted by atomic mass is 9.98. The van der Waals surface area contributed by atoms with Crippen molar-refractivity contribution < 1.29 is 36.8 Å². The Bertz CT molecular complexity index is 838. The van der Waals surface area contributed by atoms with Crippen LogP contribution in [0.15, 0.2) is 40.8 Å². The van der Waals surface area contributed by atoms with Crippen LogP contribution in [0.25, 0.3) is 0 Å². The van der Waals surface area contributed by atoms with Crippen molar-refractivity contribution in [1.82, 2.24) is 0 Å². The molecule has 0 amide bonds. The Morgan fingerprint density at radius 2 is 1.70 bits per heavy atom. The molecule has 0 radical (unpaired) electrons. The standard InChI is InChI=1S/C21H30O8S/c1-16-7-9-20(10-8-16)30(25,26)29-15-21(4,24)12-5-6-19(14-28-18(3)23)11-13-27-17(2)22/h7-11,24H,5-6,12-15H2,1-4H3. The van der Waals surface area contributed by atoms with Crippen LogP contribution in [0.4, 0.5) is 0 Å². The van der Waals surface area contributed by atoms with Gasteiger partial charge in [-0.25, -0.2) is 0 Å². The van der Waals surface area contributed by atoms with E-state index in [0.717, 1.165) is 11.1 Å². The predicted molar refractivity (Wildman–Crippen MR) is 110 cm³/mol. The Hall–Kier alpha value is -2.23. The van der Waals surface area contributed by atoms with E-state index in [9.17, 15) is 23.1 Å². The maximum Gasteiger partial charge on any atom is 0.302 e. The van der Waals surface area contributed by atoms with Crippen LogP contribution in [-0.2, 0) is 33.4 Å². The molecule has 1 aromatic carbocycles. The Kier molecular flexibility index (Phi) is 10.2. The number of esters is 2. The summed E-state index contributed by atoms with van der Waals surface area (Å²) >= 11 is 0. The molecule has 1 unspecified atom stereocenters. The third-order valence-electron chi connectivity index (χ3n) is 4.17. The molecule has 1 N–H and O–H groups in total. The van der Waals surface area contributed by atoms with Crippen LogP contribution in [0, 0.1) is 6.92 Å². The SMILES string of the molecule is CC(=O)OCC=C(CCCC(C)(O)COS(=O)(=O)c1ccc(C)cc1)COC(C)=O. The van der Waals surface area contributed by atoms with E-state index in [4.69, 9.17) is 13.7 Å². The van der Waals surface area contributed by atoms with Crippen molar-refractivity contribution in [3.63, 3.8) is 0 Å². The molecule has 1 rings (SSSR count). The van der Waals surface area contributed by atoms with Crippen LogP contribution in [-0.4, -0.2) is 50.9 Å². The summed E-state index contributed by atoms with van der Waals surface area (Å²) in [6.07, 6.45) is 2.85. The van der Waals surface area contributed by atoms with Crippen molar-refractivity contribution in [2.75, 3.05) is 19.8 Å². The second-order valence-electron chi connectivity index (χ2n) is 7.33. The molecule has 0 saturated heterocycles. The Labute approximate surface area is 178 Å². The van der Waals surface area contributed by atoms with E-state index in [0.29, 0.717) is 12.8 Å². The molecule has 30 heavy (non-hydrogen) atoms. The van der Waals surface area contributed by atoms with Gasteiger partial charge in [0.1, 0.15) is 13.2 Å². The van der Waals surface area contributed by atoms with Crippen molar-refractivity contribution >= 4 is 22.1 Å². The van der Waals surface area contributed by atoms with E-state index >= 15 is 0 Å². The smallest absolute Gasteiger partial charge is 0.302 e. The average molecular weight is 443 g/mol. The molecule has 8 nitrogen and oxygen atoms in total. The molecule has 0 aliphatic heterocycles. The van der Waals surface area contributed by atoms with E-state index in [1.165, 1.54) is 32.9 Å². The largest absolute Gasteiger partial charge is 0.462 e. The van der Waals surface area contributed by atoms with E-state index in [2.05, 4.69) is 0 Å². The van der Waals surface area contributed by atoms with Gasteiger partial charge in [0.25, 0.3) is 10.1 Å². The molecule has 0 spiro atoms. The van der Waals surface area contributed by atoms with Crippen molar-refractivity contribution in [3.05, 3.63) is 41.5 Å². The van der Waals surface area contributed by atoms with Gasteiger partial charge in [-0.3, -0.25) is 13.8 Å². The van der Waals surface area contributed by atoms with E-state index < -0.39 is 27.7 Å². The molecule has 0 aliphatic carbocycles. The van der Waals surface area contributed by atoms with Crippen LogP contribution < -0.4 is 0 Å². The quantitative estimate of drug-likeness (QED) is 0.298. The van der Waals surface area contributed by atoms with Gasteiger partial charge in [0.05, 0.1) is 17.1 Å².